The van der Waals surface area contributed by atoms with Crippen molar-refractivity contribution >= 4 is 5.78 Å². The van der Waals surface area contributed by atoms with Gasteiger partial charge in [0.25, 0.3) is 0 Å². The summed E-state index contributed by atoms with van der Waals surface area (Å²) in [7, 11) is 3.21. The van der Waals surface area contributed by atoms with Gasteiger partial charge in [0.2, 0.25) is 0 Å². The smallest absolute Gasteiger partial charge is 0.164 e. The molecule has 0 aliphatic heterocycles. The van der Waals surface area contributed by atoms with Gasteiger partial charge in [0, 0.05) is 17.4 Å². The standard InChI is InChI=1S/C20H22O3/c1-5-13-6-8-14(9-7-13)20(2)12-17(21)15-10-18(22-3)19(23-4)11-16(15)20/h6-11H,5,12H2,1-4H3. The van der Waals surface area contributed by atoms with Crippen molar-refractivity contribution in [2.45, 2.75) is 32.1 Å². The Balaban J connectivity index is 2.15. The van der Waals surface area contributed by atoms with Crippen molar-refractivity contribution in [1.82, 2.24) is 0 Å². The number of Topliss-reactive ketones (excluding diaryl/α,β-unsaturated/α-hetero) is 1. The number of carbonyl (C=O) groups excluding carboxylic acids is 1. The number of fused-ring (bicyclic) bond motifs is 1. The van der Waals surface area contributed by atoms with E-state index in [1.807, 2.05) is 12.1 Å². The summed E-state index contributed by atoms with van der Waals surface area (Å²) in [5, 5.41) is 0. The van der Waals surface area contributed by atoms with Crippen molar-refractivity contribution in [1.29, 1.82) is 0 Å². The quantitative estimate of drug-likeness (QED) is 0.850. The number of ether oxygens (including phenoxy) is 2. The van der Waals surface area contributed by atoms with E-state index in [1.165, 1.54) is 5.56 Å². The second-order valence-corrected chi connectivity index (χ2v) is 6.24. The van der Waals surface area contributed by atoms with Gasteiger partial charge in [0.1, 0.15) is 0 Å². The van der Waals surface area contributed by atoms with E-state index in [0.717, 1.165) is 23.1 Å². The first kappa shape index (κ1) is 15.6. The van der Waals surface area contributed by atoms with Gasteiger partial charge in [-0.25, -0.2) is 0 Å². The number of aryl methyl sites for hydroxylation is 1. The van der Waals surface area contributed by atoms with Crippen LogP contribution in [0.15, 0.2) is 36.4 Å². The number of ketones is 1. The maximum Gasteiger partial charge on any atom is 0.164 e. The SMILES string of the molecule is CCc1ccc(C2(C)CC(=O)c3cc(OC)c(OC)cc32)cc1. The summed E-state index contributed by atoms with van der Waals surface area (Å²) in [6, 6.07) is 12.3. The molecule has 0 amide bonds. The van der Waals surface area contributed by atoms with E-state index in [1.54, 1.807) is 14.2 Å². The van der Waals surface area contributed by atoms with Crippen LogP contribution in [0.4, 0.5) is 0 Å². The third-order valence-corrected chi connectivity index (χ3v) is 4.93. The third-order valence-electron chi connectivity index (χ3n) is 4.93. The molecule has 1 aliphatic carbocycles. The van der Waals surface area contributed by atoms with Crippen LogP contribution in [0.25, 0.3) is 0 Å². The van der Waals surface area contributed by atoms with Crippen LogP contribution in [0.5, 0.6) is 11.5 Å². The highest BCUT2D eigenvalue weighted by molar-refractivity contribution is 6.03. The van der Waals surface area contributed by atoms with Gasteiger partial charge >= 0.3 is 0 Å². The Kier molecular flexibility index (Phi) is 3.88. The van der Waals surface area contributed by atoms with Crippen LogP contribution in [0.3, 0.4) is 0 Å². The Hall–Kier alpha value is -2.29. The molecule has 23 heavy (non-hydrogen) atoms. The normalized spacial score (nSPS) is 19.6. The highest BCUT2D eigenvalue weighted by Gasteiger charge is 2.41. The van der Waals surface area contributed by atoms with E-state index in [4.69, 9.17) is 9.47 Å². The Labute approximate surface area is 137 Å². The van der Waals surface area contributed by atoms with Gasteiger partial charge < -0.3 is 9.47 Å². The van der Waals surface area contributed by atoms with Crippen LogP contribution in [0.1, 0.15) is 47.3 Å². The van der Waals surface area contributed by atoms with Gasteiger partial charge in [-0.1, -0.05) is 38.1 Å². The minimum atomic E-state index is -0.321. The zero-order valence-corrected chi connectivity index (χ0v) is 14.1. The Morgan fingerprint density at radius 3 is 2.22 bits per heavy atom. The molecule has 0 spiro atoms. The number of hydrogen-bond donors (Lipinski definition) is 0. The fourth-order valence-corrected chi connectivity index (χ4v) is 3.44. The van der Waals surface area contributed by atoms with Gasteiger partial charge in [-0.2, -0.15) is 0 Å². The van der Waals surface area contributed by atoms with Crippen molar-refractivity contribution in [2.24, 2.45) is 0 Å². The first-order chi connectivity index (χ1) is 11.0. The molecule has 3 nitrogen and oxygen atoms in total. The number of methoxy groups -OCH3 is 2. The molecule has 2 aromatic carbocycles. The van der Waals surface area contributed by atoms with Crippen LogP contribution in [-0.2, 0) is 11.8 Å². The molecule has 3 rings (SSSR count). The number of benzene rings is 2. The number of hydrogen-bond acceptors (Lipinski definition) is 3. The zero-order valence-electron chi connectivity index (χ0n) is 14.1. The average molecular weight is 310 g/mol. The molecule has 3 heteroatoms. The summed E-state index contributed by atoms with van der Waals surface area (Å²) in [5.74, 6) is 1.42. The van der Waals surface area contributed by atoms with Gasteiger partial charge in [-0.15, -0.1) is 0 Å². The topological polar surface area (TPSA) is 35.5 Å². The summed E-state index contributed by atoms with van der Waals surface area (Å²) in [6.45, 7) is 4.27. The maximum atomic E-state index is 12.5. The Morgan fingerprint density at radius 2 is 1.65 bits per heavy atom. The second kappa shape index (κ2) is 5.73. The molecule has 0 N–H and O–H groups in total. The Morgan fingerprint density at radius 1 is 1.04 bits per heavy atom. The van der Waals surface area contributed by atoms with Crippen LogP contribution in [-0.4, -0.2) is 20.0 Å². The molecule has 1 aliphatic rings. The molecule has 1 unspecified atom stereocenters. The number of carbonyl (C=O) groups is 1. The molecule has 0 aromatic heterocycles. The van der Waals surface area contributed by atoms with Crippen molar-refractivity contribution in [3.05, 3.63) is 58.7 Å². The average Bonchev–Trinajstić information content (AvgIpc) is 2.85. The summed E-state index contributed by atoms with van der Waals surface area (Å²) < 4.78 is 10.8. The lowest BCUT2D eigenvalue weighted by Gasteiger charge is -2.26. The van der Waals surface area contributed by atoms with Crippen LogP contribution < -0.4 is 9.47 Å². The minimum absolute atomic E-state index is 0.156. The van der Waals surface area contributed by atoms with Crippen molar-refractivity contribution in [3.63, 3.8) is 0 Å². The predicted octanol–water partition coefficient (Wildman–Crippen LogP) is 4.16. The molecule has 2 aromatic rings. The van der Waals surface area contributed by atoms with Crippen LogP contribution in [0, 0.1) is 0 Å². The van der Waals surface area contributed by atoms with Gasteiger partial charge in [-0.3, -0.25) is 4.79 Å². The molecule has 0 saturated heterocycles. The first-order valence-corrected chi connectivity index (χ1v) is 7.92. The fourth-order valence-electron chi connectivity index (χ4n) is 3.44. The van der Waals surface area contributed by atoms with Crippen molar-refractivity contribution in [2.75, 3.05) is 14.2 Å². The molecule has 0 bridgehead atoms. The van der Waals surface area contributed by atoms with E-state index in [9.17, 15) is 4.79 Å². The second-order valence-electron chi connectivity index (χ2n) is 6.24. The van der Waals surface area contributed by atoms with Crippen LogP contribution >= 0.6 is 0 Å². The summed E-state index contributed by atoms with van der Waals surface area (Å²) in [6.07, 6.45) is 1.49. The van der Waals surface area contributed by atoms with Gasteiger partial charge in [-0.05, 0) is 35.2 Å². The van der Waals surface area contributed by atoms with Gasteiger partial charge in [0.05, 0.1) is 14.2 Å². The van der Waals surface area contributed by atoms with E-state index in [-0.39, 0.29) is 11.2 Å². The largest absolute Gasteiger partial charge is 0.493 e. The maximum absolute atomic E-state index is 12.5. The molecule has 1 atom stereocenters. The molecular weight excluding hydrogens is 288 g/mol. The highest BCUT2D eigenvalue weighted by Crippen LogP contribution is 2.47. The minimum Gasteiger partial charge on any atom is -0.493 e. The molecule has 120 valence electrons. The van der Waals surface area contributed by atoms with E-state index in [0.29, 0.717) is 17.9 Å². The lowest BCUT2D eigenvalue weighted by Crippen LogP contribution is -2.20. The molecular formula is C20H22O3. The third kappa shape index (κ3) is 2.40. The lowest BCUT2D eigenvalue weighted by molar-refractivity contribution is 0.0982. The van der Waals surface area contributed by atoms with Gasteiger partial charge in [0.15, 0.2) is 17.3 Å². The Bertz CT molecular complexity index is 746. The summed E-state index contributed by atoms with van der Waals surface area (Å²) in [5.41, 5.74) is 3.90. The number of rotatable bonds is 4. The molecule has 0 fully saturated rings. The fraction of sp³-hybridized carbons (Fsp3) is 0.350. The zero-order chi connectivity index (χ0) is 16.6. The summed E-state index contributed by atoms with van der Waals surface area (Å²) >= 11 is 0. The van der Waals surface area contributed by atoms with E-state index < -0.39 is 0 Å². The molecule has 0 radical (unpaired) electrons. The van der Waals surface area contributed by atoms with Crippen molar-refractivity contribution in [3.8, 4) is 11.5 Å². The van der Waals surface area contributed by atoms with Crippen LogP contribution in [0.2, 0.25) is 0 Å². The molecule has 0 saturated carbocycles. The van der Waals surface area contributed by atoms with E-state index >= 15 is 0 Å². The monoisotopic (exact) mass is 310 g/mol. The highest BCUT2D eigenvalue weighted by atomic mass is 16.5. The van der Waals surface area contributed by atoms with Crippen molar-refractivity contribution < 1.29 is 14.3 Å². The first-order valence-electron chi connectivity index (χ1n) is 7.92. The lowest BCUT2D eigenvalue weighted by atomic mass is 9.77. The summed E-state index contributed by atoms with van der Waals surface area (Å²) in [4.78, 5) is 12.5. The predicted molar refractivity (Wildman–Crippen MR) is 90.8 cm³/mol. The molecule has 0 heterocycles. The van der Waals surface area contributed by atoms with E-state index in [2.05, 4.69) is 38.1 Å².